The molecule has 0 aromatic heterocycles. The lowest BCUT2D eigenvalue weighted by Crippen LogP contribution is -2.39. The van der Waals surface area contributed by atoms with Gasteiger partial charge in [-0.05, 0) is 30.5 Å². The van der Waals surface area contributed by atoms with Crippen molar-refractivity contribution in [3.8, 4) is 11.8 Å². The molecule has 0 amide bonds. The summed E-state index contributed by atoms with van der Waals surface area (Å²) in [6.07, 6.45) is 2.91. The van der Waals surface area contributed by atoms with Crippen molar-refractivity contribution < 1.29 is 4.74 Å². The van der Waals surface area contributed by atoms with Crippen LogP contribution in [0.5, 0.6) is 5.75 Å². The number of benzene rings is 1. The zero-order valence-electron chi connectivity index (χ0n) is 9.44. The average molecular weight is 216 g/mol. The van der Waals surface area contributed by atoms with Gasteiger partial charge < -0.3 is 10.5 Å². The maximum absolute atomic E-state index is 9.23. The molecule has 1 atom stereocenters. The van der Waals surface area contributed by atoms with Gasteiger partial charge in [0.05, 0.1) is 18.6 Å². The van der Waals surface area contributed by atoms with Gasteiger partial charge in [-0.3, -0.25) is 0 Å². The quantitative estimate of drug-likeness (QED) is 0.843. The van der Waals surface area contributed by atoms with Crippen molar-refractivity contribution in [3.05, 3.63) is 29.8 Å². The molecule has 0 saturated heterocycles. The molecular weight excluding hydrogens is 200 g/mol. The Morgan fingerprint density at radius 3 is 2.75 bits per heavy atom. The Morgan fingerprint density at radius 1 is 1.50 bits per heavy atom. The van der Waals surface area contributed by atoms with Crippen LogP contribution in [0.4, 0.5) is 0 Å². The van der Waals surface area contributed by atoms with Crippen LogP contribution in [0.15, 0.2) is 24.3 Å². The van der Waals surface area contributed by atoms with E-state index in [1.54, 1.807) is 7.11 Å². The average Bonchev–Trinajstić information content (AvgIpc) is 2.28. The molecule has 0 radical (unpaired) electrons. The van der Waals surface area contributed by atoms with E-state index in [2.05, 4.69) is 6.07 Å². The van der Waals surface area contributed by atoms with Gasteiger partial charge >= 0.3 is 0 Å². The fourth-order valence-electron chi connectivity index (χ4n) is 2.20. The molecule has 3 heteroatoms. The number of nitrogens with zero attached hydrogens (tertiary/aromatic N) is 1. The highest BCUT2D eigenvalue weighted by molar-refractivity contribution is 5.33. The lowest BCUT2D eigenvalue weighted by molar-refractivity contribution is 0.169. The molecule has 1 unspecified atom stereocenters. The highest BCUT2D eigenvalue weighted by Crippen LogP contribution is 2.48. The SMILES string of the molecule is COc1cccc(C(N)C2(C#N)CCC2)c1. The first-order valence-corrected chi connectivity index (χ1v) is 5.53. The highest BCUT2D eigenvalue weighted by Gasteiger charge is 2.43. The van der Waals surface area contributed by atoms with E-state index in [0.717, 1.165) is 30.6 Å². The summed E-state index contributed by atoms with van der Waals surface area (Å²) in [7, 11) is 1.63. The Labute approximate surface area is 95.8 Å². The van der Waals surface area contributed by atoms with Crippen LogP contribution < -0.4 is 10.5 Å². The summed E-state index contributed by atoms with van der Waals surface area (Å²) < 4.78 is 5.16. The summed E-state index contributed by atoms with van der Waals surface area (Å²) in [6.45, 7) is 0. The van der Waals surface area contributed by atoms with Crippen LogP contribution in [0.3, 0.4) is 0 Å². The van der Waals surface area contributed by atoms with Gasteiger partial charge in [-0.15, -0.1) is 0 Å². The van der Waals surface area contributed by atoms with Crippen LogP contribution in [-0.2, 0) is 0 Å². The van der Waals surface area contributed by atoms with Crippen molar-refractivity contribution in [3.63, 3.8) is 0 Å². The number of nitriles is 1. The molecule has 0 heterocycles. The van der Waals surface area contributed by atoms with Crippen molar-refractivity contribution in [1.29, 1.82) is 5.26 Å². The molecule has 1 aromatic carbocycles. The van der Waals surface area contributed by atoms with Gasteiger partial charge in [0.2, 0.25) is 0 Å². The van der Waals surface area contributed by atoms with E-state index < -0.39 is 0 Å². The Kier molecular flexibility index (Phi) is 2.84. The largest absolute Gasteiger partial charge is 0.497 e. The third kappa shape index (κ3) is 1.66. The zero-order valence-corrected chi connectivity index (χ0v) is 9.44. The summed E-state index contributed by atoms with van der Waals surface area (Å²) in [5.74, 6) is 0.792. The first-order valence-electron chi connectivity index (χ1n) is 5.53. The van der Waals surface area contributed by atoms with Crippen LogP contribution >= 0.6 is 0 Å². The Morgan fingerprint density at radius 2 is 2.25 bits per heavy atom. The predicted molar refractivity (Wildman–Crippen MR) is 61.8 cm³/mol. The van der Waals surface area contributed by atoms with E-state index in [4.69, 9.17) is 10.5 Å². The lowest BCUT2D eigenvalue weighted by Gasteiger charge is -2.40. The van der Waals surface area contributed by atoms with Gasteiger partial charge in [-0.2, -0.15) is 5.26 Å². The number of hydrogen-bond donors (Lipinski definition) is 1. The summed E-state index contributed by atoms with van der Waals surface area (Å²) in [5, 5.41) is 9.23. The minimum atomic E-state index is -0.355. The van der Waals surface area contributed by atoms with Crippen LogP contribution in [0.2, 0.25) is 0 Å². The third-order valence-corrected chi connectivity index (χ3v) is 3.52. The van der Waals surface area contributed by atoms with E-state index in [9.17, 15) is 5.26 Å². The molecule has 0 bridgehead atoms. The maximum atomic E-state index is 9.23. The van der Waals surface area contributed by atoms with Gasteiger partial charge in [0.25, 0.3) is 0 Å². The molecule has 1 aliphatic rings. The summed E-state index contributed by atoms with van der Waals surface area (Å²) in [4.78, 5) is 0. The Balaban J connectivity index is 2.26. The minimum Gasteiger partial charge on any atom is -0.497 e. The smallest absolute Gasteiger partial charge is 0.119 e. The molecule has 16 heavy (non-hydrogen) atoms. The second-order valence-electron chi connectivity index (χ2n) is 4.38. The van der Waals surface area contributed by atoms with Gasteiger partial charge in [0.15, 0.2) is 0 Å². The van der Waals surface area contributed by atoms with Crippen LogP contribution in [0, 0.1) is 16.7 Å². The summed E-state index contributed by atoms with van der Waals surface area (Å²) in [6, 6.07) is 9.86. The number of rotatable bonds is 3. The van der Waals surface area contributed by atoms with E-state index in [1.165, 1.54) is 0 Å². The molecule has 2 N–H and O–H groups in total. The fourth-order valence-corrected chi connectivity index (χ4v) is 2.20. The van der Waals surface area contributed by atoms with Gasteiger partial charge in [0.1, 0.15) is 5.75 Å². The van der Waals surface area contributed by atoms with Crippen molar-refractivity contribution in [2.45, 2.75) is 25.3 Å². The molecule has 3 nitrogen and oxygen atoms in total. The topological polar surface area (TPSA) is 59.0 Å². The summed E-state index contributed by atoms with van der Waals surface area (Å²) in [5.41, 5.74) is 6.82. The maximum Gasteiger partial charge on any atom is 0.119 e. The number of methoxy groups -OCH3 is 1. The highest BCUT2D eigenvalue weighted by atomic mass is 16.5. The van der Waals surface area contributed by atoms with E-state index >= 15 is 0 Å². The van der Waals surface area contributed by atoms with Crippen LogP contribution in [0.1, 0.15) is 30.9 Å². The van der Waals surface area contributed by atoms with Crippen molar-refractivity contribution in [2.24, 2.45) is 11.1 Å². The normalized spacial score (nSPS) is 19.3. The second kappa shape index (κ2) is 4.15. The van der Waals surface area contributed by atoms with Gasteiger partial charge in [-0.25, -0.2) is 0 Å². The lowest BCUT2D eigenvalue weighted by atomic mass is 9.64. The van der Waals surface area contributed by atoms with E-state index in [1.807, 2.05) is 24.3 Å². The molecule has 2 rings (SSSR count). The standard InChI is InChI=1S/C13H16N2O/c1-16-11-5-2-4-10(8-11)12(15)13(9-14)6-3-7-13/h2,4-5,8,12H,3,6-7,15H2,1H3. The Bertz CT molecular complexity index is 418. The van der Waals surface area contributed by atoms with Crippen LogP contribution in [-0.4, -0.2) is 7.11 Å². The first-order chi connectivity index (χ1) is 7.72. The molecule has 84 valence electrons. The van der Waals surface area contributed by atoms with Crippen molar-refractivity contribution >= 4 is 0 Å². The van der Waals surface area contributed by atoms with Crippen LogP contribution in [0.25, 0.3) is 0 Å². The van der Waals surface area contributed by atoms with Gasteiger partial charge in [-0.1, -0.05) is 18.6 Å². The van der Waals surface area contributed by atoms with Crippen molar-refractivity contribution in [1.82, 2.24) is 0 Å². The molecule has 0 spiro atoms. The predicted octanol–water partition coefficient (Wildman–Crippen LogP) is 2.39. The molecule has 1 aromatic rings. The van der Waals surface area contributed by atoms with E-state index in [-0.39, 0.29) is 11.5 Å². The number of nitrogens with two attached hydrogens (primary N) is 1. The number of hydrogen-bond acceptors (Lipinski definition) is 3. The third-order valence-electron chi connectivity index (χ3n) is 3.52. The zero-order chi connectivity index (χ0) is 11.6. The fraction of sp³-hybridized carbons (Fsp3) is 0.462. The molecule has 1 aliphatic carbocycles. The first kappa shape index (κ1) is 11.0. The minimum absolute atomic E-state index is 0.207. The number of ether oxygens (including phenoxy) is 1. The molecule has 1 saturated carbocycles. The molecular formula is C13H16N2O. The van der Waals surface area contributed by atoms with E-state index in [0.29, 0.717) is 0 Å². The Hall–Kier alpha value is -1.53. The molecule has 1 fully saturated rings. The summed E-state index contributed by atoms with van der Waals surface area (Å²) >= 11 is 0. The van der Waals surface area contributed by atoms with Crippen molar-refractivity contribution in [2.75, 3.05) is 7.11 Å². The second-order valence-corrected chi connectivity index (χ2v) is 4.38. The van der Waals surface area contributed by atoms with Gasteiger partial charge in [0, 0.05) is 6.04 Å². The monoisotopic (exact) mass is 216 g/mol. The molecule has 0 aliphatic heterocycles.